The summed E-state index contributed by atoms with van der Waals surface area (Å²) in [5.74, 6) is -0.0861. The number of hydrogen-bond acceptors (Lipinski definition) is 2. The molecule has 2 aromatic carbocycles. The van der Waals surface area contributed by atoms with Crippen LogP contribution in [0.15, 0.2) is 42.5 Å². The third-order valence-corrected chi connectivity index (χ3v) is 3.00. The molecular formula is C16H18FNO. The van der Waals surface area contributed by atoms with Crippen LogP contribution in [-0.4, -0.2) is 13.2 Å². The van der Waals surface area contributed by atoms with Crippen LogP contribution < -0.4 is 10.5 Å². The molecule has 0 saturated heterocycles. The van der Waals surface area contributed by atoms with Gasteiger partial charge in [0.15, 0.2) is 11.6 Å². The second kappa shape index (κ2) is 5.85. The number of nitrogens with two attached hydrogens (primary N) is 1. The van der Waals surface area contributed by atoms with Gasteiger partial charge in [0.25, 0.3) is 0 Å². The molecule has 0 radical (unpaired) electrons. The van der Waals surface area contributed by atoms with Gasteiger partial charge in [-0.25, -0.2) is 4.39 Å². The number of methoxy groups -OCH3 is 1. The maximum atomic E-state index is 13.6. The Kier molecular flexibility index (Phi) is 4.17. The number of benzene rings is 2. The van der Waals surface area contributed by atoms with Crippen molar-refractivity contribution >= 4 is 0 Å². The van der Waals surface area contributed by atoms with Gasteiger partial charge in [-0.15, -0.1) is 0 Å². The van der Waals surface area contributed by atoms with Gasteiger partial charge < -0.3 is 10.5 Å². The second-order valence-electron chi connectivity index (χ2n) is 4.73. The molecule has 3 heteroatoms. The monoisotopic (exact) mass is 259 g/mol. The minimum absolute atomic E-state index is 0.143. The lowest BCUT2D eigenvalue weighted by Crippen LogP contribution is -2.17. The topological polar surface area (TPSA) is 35.2 Å². The highest BCUT2D eigenvalue weighted by atomic mass is 19.1. The Morgan fingerprint density at radius 1 is 1.11 bits per heavy atom. The third kappa shape index (κ3) is 3.32. The predicted octanol–water partition coefficient (Wildman–Crippen LogP) is 3.39. The van der Waals surface area contributed by atoms with Crippen molar-refractivity contribution in [2.45, 2.75) is 19.4 Å². The highest BCUT2D eigenvalue weighted by molar-refractivity contribution is 5.64. The fourth-order valence-electron chi connectivity index (χ4n) is 2.05. The van der Waals surface area contributed by atoms with E-state index in [0.717, 1.165) is 17.5 Å². The summed E-state index contributed by atoms with van der Waals surface area (Å²) < 4.78 is 18.6. The molecule has 0 aliphatic rings. The van der Waals surface area contributed by atoms with Crippen LogP contribution in [0.1, 0.15) is 12.5 Å². The Balaban J connectivity index is 2.24. The third-order valence-electron chi connectivity index (χ3n) is 3.00. The van der Waals surface area contributed by atoms with Crippen molar-refractivity contribution in [1.29, 1.82) is 0 Å². The van der Waals surface area contributed by atoms with E-state index in [-0.39, 0.29) is 17.6 Å². The van der Waals surface area contributed by atoms with Crippen LogP contribution in [0.3, 0.4) is 0 Å². The molecule has 0 aliphatic heterocycles. The SMILES string of the molecule is COc1ccc(-c2ccc(CC(C)N)cc2)cc1F. The van der Waals surface area contributed by atoms with E-state index in [1.165, 1.54) is 18.7 Å². The number of ether oxygens (including phenoxy) is 1. The number of hydrogen-bond donors (Lipinski definition) is 1. The van der Waals surface area contributed by atoms with E-state index in [0.29, 0.717) is 0 Å². The number of rotatable bonds is 4. The van der Waals surface area contributed by atoms with Gasteiger partial charge in [-0.2, -0.15) is 0 Å². The van der Waals surface area contributed by atoms with Gasteiger partial charge in [-0.05, 0) is 42.2 Å². The summed E-state index contributed by atoms with van der Waals surface area (Å²) in [5.41, 5.74) is 8.77. The van der Waals surface area contributed by atoms with E-state index in [4.69, 9.17) is 10.5 Å². The first-order chi connectivity index (χ1) is 9.10. The van der Waals surface area contributed by atoms with Gasteiger partial charge in [0.05, 0.1) is 7.11 Å². The zero-order valence-electron chi connectivity index (χ0n) is 11.2. The molecule has 1 unspecified atom stereocenters. The van der Waals surface area contributed by atoms with Crippen molar-refractivity contribution < 1.29 is 9.13 Å². The van der Waals surface area contributed by atoms with Crippen LogP contribution in [0.25, 0.3) is 11.1 Å². The lowest BCUT2D eigenvalue weighted by Gasteiger charge is -2.08. The molecule has 2 aromatic rings. The summed E-state index contributed by atoms with van der Waals surface area (Å²) in [5, 5.41) is 0. The van der Waals surface area contributed by atoms with Crippen LogP contribution in [0.2, 0.25) is 0 Å². The Morgan fingerprint density at radius 2 is 1.74 bits per heavy atom. The molecule has 2 N–H and O–H groups in total. The van der Waals surface area contributed by atoms with E-state index < -0.39 is 0 Å². The summed E-state index contributed by atoms with van der Waals surface area (Å²) in [7, 11) is 1.46. The van der Waals surface area contributed by atoms with Gasteiger partial charge in [-0.3, -0.25) is 0 Å². The molecule has 100 valence electrons. The quantitative estimate of drug-likeness (QED) is 0.913. The summed E-state index contributed by atoms with van der Waals surface area (Å²) in [6.45, 7) is 1.98. The van der Waals surface area contributed by atoms with E-state index in [1.807, 2.05) is 37.3 Å². The van der Waals surface area contributed by atoms with Gasteiger partial charge in [-0.1, -0.05) is 30.3 Å². The normalized spacial score (nSPS) is 12.2. The van der Waals surface area contributed by atoms with Crippen molar-refractivity contribution in [3.63, 3.8) is 0 Å². The summed E-state index contributed by atoms with van der Waals surface area (Å²) in [6.07, 6.45) is 0.844. The van der Waals surface area contributed by atoms with Gasteiger partial charge in [0.1, 0.15) is 0 Å². The van der Waals surface area contributed by atoms with Gasteiger partial charge in [0, 0.05) is 6.04 Å². The maximum absolute atomic E-state index is 13.6. The Morgan fingerprint density at radius 3 is 2.26 bits per heavy atom. The molecular weight excluding hydrogens is 241 g/mol. The molecule has 2 nitrogen and oxygen atoms in total. The highest BCUT2D eigenvalue weighted by Gasteiger charge is 2.05. The standard InChI is InChI=1S/C16H18FNO/c1-11(18)9-12-3-5-13(6-4-12)14-7-8-16(19-2)15(17)10-14/h3-8,10-11H,9,18H2,1-2H3. The highest BCUT2D eigenvalue weighted by Crippen LogP contribution is 2.25. The first-order valence-electron chi connectivity index (χ1n) is 6.28. The predicted molar refractivity (Wildman–Crippen MR) is 75.7 cm³/mol. The maximum Gasteiger partial charge on any atom is 0.165 e. The first kappa shape index (κ1) is 13.6. The molecule has 0 spiro atoms. The summed E-state index contributed by atoms with van der Waals surface area (Å²) in [4.78, 5) is 0. The van der Waals surface area contributed by atoms with Gasteiger partial charge >= 0.3 is 0 Å². The lowest BCUT2D eigenvalue weighted by molar-refractivity contribution is 0.386. The smallest absolute Gasteiger partial charge is 0.165 e. The lowest BCUT2D eigenvalue weighted by atomic mass is 10.0. The second-order valence-corrected chi connectivity index (χ2v) is 4.73. The average molecular weight is 259 g/mol. The fourth-order valence-corrected chi connectivity index (χ4v) is 2.05. The zero-order valence-corrected chi connectivity index (χ0v) is 11.2. The fraction of sp³-hybridized carbons (Fsp3) is 0.250. The van der Waals surface area contributed by atoms with Crippen LogP contribution in [0.5, 0.6) is 5.75 Å². The van der Waals surface area contributed by atoms with Crippen molar-refractivity contribution in [1.82, 2.24) is 0 Å². The van der Waals surface area contributed by atoms with Crippen molar-refractivity contribution in [2.24, 2.45) is 5.73 Å². The minimum Gasteiger partial charge on any atom is -0.494 e. The number of halogens is 1. The van der Waals surface area contributed by atoms with E-state index in [1.54, 1.807) is 6.07 Å². The zero-order chi connectivity index (χ0) is 13.8. The Labute approximate surface area is 113 Å². The van der Waals surface area contributed by atoms with Crippen molar-refractivity contribution in [2.75, 3.05) is 7.11 Å². The van der Waals surface area contributed by atoms with E-state index in [2.05, 4.69) is 0 Å². The summed E-state index contributed by atoms with van der Waals surface area (Å²) >= 11 is 0. The van der Waals surface area contributed by atoms with Gasteiger partial charge in [0.2, 0.25) is 0 Å². The van der Waals surface area contributed by atoms with Crippen molar-refractivity contribution in [3.05, 3.63) is 53.8 Å². The molecule has 0 amide bonds. The van der Waals surface area contributed by atoms with Crippen LogP contribution >= 0.6 is 0 Å². The van der Waals surface area contributed by atoms with Crippen molar-refractivity contribution in [3.8, 4) is 16.9 Å². The molecule has 1 atom stereocenters. The molecule has 0 aromatic heterocycles. The molecule has 19 heavy (non-hydrogen) atoms. The van der Waals surface area contributed by atoms with E-state index in [9.17, 15) is 4.39 Å². The molecule has 2 rings (SSSR count). The van der Waals surface area contributed by atoms with E-state index >= 15 is 0 Å². The Hall–Kier alpha value is -1.87. The van der Waals surface area contributed by atoms with Crippen LogP contribution in [0, 0.1) is 5.82 Å². The van der Waals surface area contributed by atoms with Crippen LogP contribution in [0.4, 0.5) is 4.39 Å². The molecule has 0 fully saturated rings. The molecule has 0 heterocycles. The molecule has 0 saturated carbocycles. The first-order valence-corrected chi connectivity index (χ1v) is 6.28. The largest absolute Gasteiger partial charge is 0.494 e. The Bertz CT molecular complexity index is 549. The average Bonchev–Trinajstić information content (AvgIpc) is 2.39. The minimum atomic E-state index is -0.348. The van der Waals surface area contributed by atoms with Crippen LogP contribution in [-0.2, 0) is 6.42 Å². The molecule has 0 bridgehead atoms. The summed E-state index contributed by atoms with van der Waals surface area (Å²) in [6, 6.07) is 13.1. The molecule has 0 aliphatic carbocycles.